The van der Waals surface area contributed by atoms with Crippen molar-refractivity contribution in [2.75, 3.05) is 12.4 Å². The molecule has 0 aliphatic heterocycles. The molecule has 0 saturated carbocycles. The first kappa shape index (κ1) is 17.9. The molecule has 0 saturated heterocycles. The molecule has 1 N–H and O–H groups in total. The van der Waals surface area contributed by atoms with E-state index in [0.717, 1.165) is 17.7 Å². The Kier molecular flexibility index (Phi) is 5.18. The number of nitrogens with one attached hydrogen (secondary N) is 1. The number of halogens is 3. The first-order valence-electron chi connectivity index (χ1n) is 7.60. The number of nitrogens with zero attached hydrogens (tertiary/aromatic N) is 2. The van der Waals surface area contributed by atoms with Gasteiger partial charge in [0.05, 0.1) is 13.7 Å². The summed E-state index contributed by atoms with van der Waals surface area (Å²) in [6.45, 7) is 0.298. The molecule has 5 nitrogen and oxygen atoms in total. The summed E-state index contributed by atoms with van der Waals surface area (Å²) < 4.78 is 34.1. The first-order valence-corrected chi connectivity index (χ1v) is 7.97. The van der Waals surface area contributed by atoms with Crippen LogP contribution in [0.4, 0.5) is 14.6 Å². The quantitative estimate of drug-likeness (QED) is 0.727. The van der Waals surface area contributed by atoms with Gasteiger partial charge in [-0.25, -0.2) is 8.78 Å². The lowest BCUT2D eigenvalue weighted by Gasteiger charge is -2.10. The van der Waals surface area contributed by atoms with Crippen molar-refractivity contribution >= 4 is 23.3 Å². The maximum atomic E-state index is 13.7. The van der Waals surface area contributed by atoms with Gasteiger partial charge in [0, 0.05) is 22.8 Å². The Morgan fingerprint density at radius 3 is 2.58 bits per heavy atom. The summed E-state index contributed by atoms with van der Waals surface area (Å²) in [6, 6.07) is 10.00. The first-order chi connectivity index (χ1) is 12.5. The smallest absolute Gasteiger partial charge is 0.262 e. The number of benzene rings is 2. The third kappa shape index (κ3) is 3.67. The lowest BCUT2D eigenvalue weighted by atomic mass is 10.2. The molecule has 26 heavy (non-hydrogen) atoms. The summed E-state index contributed by atoms with van der Waals surface area (Å²) in [6.07, 6.45) is 1.61. The molecular formula is C18H14ClF2N3O2. The molecule has 0 unspecified atom stereocenters. The highest BCUT2D eigenvalue weighted by molar-refractivity contribution is 6.31. The molecule has 0 aliphatic carbocycles. The number of amides is 1. The van der Waals surface area contributed by atoms with Crippen molar-refractivity contribution in [2.24, 2.45) is 0 Å². The molecule has 2 aromatic carbocycles. The number of hydrogen-bond acceptors (Lipinski definition) is 3. The maximum Gasteiger partial charge on any atom is 0.262 e. The molecular weight excluding hydrogens is 364 g/mol. The highest BCUT2D eigenvalue weighted by atomic mass is 35.5. The zero-order valence-corrected chi connectivity index (χ0v) is 14.4. The molecule has 1 heterocycles. The van der Waals surface area contributed by atoms with Crippen LogP contribution in [0.25, 0.3) is 0 Å². The Morgan fingerprint density at radius 2 is 1.88 bits per heavy atom. The van der Waals surface area contributed by atoms with E-state index in [1.807, 2.05) is 0 Å². The Hall–Kier alpha value is -2.93. The van der Waals surface area contributed by atoms with Crippen molar-refractivity contribution in [3.05, 3.63) is 76.4 Å². The average molecular weight is 378 g/mol. The van der Waals surface area contributed by atoms with Crippen molar-refractivity contribution in [1.29, 1.82) is 0 Å². The third-order valence-electron chi connectivity index (χ3n) is 3.69. The summed E-state index contributed by atoms with van der Waals surface area (Å²) in [7, 11) is 1.53. The third-order valence-corrected chi connectivity index (χ3v) is 4.04. The number of anilines is 1. The second kappa shape index (κ2) is 7.53. The highest BCUT2D eigenvalue weighted by Gasteiger charge is 2.18. The summed E-state index contributed by atoms with van der Waals surface area (Å²) in [5.41, 5.74) is 0.0626. The van der Waals surface area contributed by atoms with E-state index in [1.165, 1.54) is 23.9 Å². The summed E-state index contributed by atoms with van der Waals surface area (Å²) in [5, 5.41) is 7.06. The average Bonchev–Trinajstić information content (AvgIpc) is 3.03. The minimum atomic E-state index is -0.942. The lowest BCUT2D eigenvalue weighted by molar-refractivity contribution is 0.101. The number of aromatic nitrogens is 2. The minimum Gasteiger partial charge on any atom is -0.496 e. The summed E-state index contributed by atoms with van der Waals surface area (Å²) in [4.78, 5) is 12.1. The normalized spacial score (nSPS) is 10.6. The van der Waals surface area contributed by atoms with Gasteiger partial charge in [-0.1, -0.05) is 23.7 Å². The van der Waals surface area contributed by atoms with Crippen LogP contribution in [0, 0.1) is 11.6 Å². The predicted molar refractivity (Wildman–Crippen MR) is 93.6 cm³/mol. The van der Waals surface area contributed by atoms with Gasteiger partial charge in [0.2, 0.25) is 0 Å². The maximum absolute atomic E-state index is 13.7. The topological polar surface area (TPSA) is 56.1 Å². The van der Waals surface area contributed by atoms with Crippen LogP contribution in [-0.4, -0.2) is 22.8 Å². The van der Waals surface area contributed by atoms with Crippen LogP contribution >= 0.6 is 11.6 Å². The van der Waals surface area contributed by atoms with Gasteiger partial charge in [-0.2, -0.15) is 5.10 Å². The monoisotopic (exact) mass is 377 g/mol. The standard InChI is InChI=1S/C18H14ClF2N3O2/c1-26-15-7-2-4-12(19)11(15)10-24-9-8-16(23-24)22-18(25)17-13(20)5-3-6-14(17)21/h2-9H,10H2,1H3,(H,22,23,25). The van der Waals surface area contributed by atoms with E-state index in [-0.39, 0.29) is 5.82 Å². The van der Waals surface area contributed by atoms with Crippen molar-refractivity contribution in [2.45, 2.75) is 6.54 Å². The van der Waals surface area contributed by atoms with E-state index in [0.29, 0.717) is 17.3 Å². The zero-order chi connectivity index (χ0) is 18.7. The summed E-state index contributed by atoms with van der Waals surface area (Å²) in [5.74, 6) is -2.04. The number of rotatable bonds is 5. The number of ether oxygens (including phenoxy) is 1. The molecule has 0 atom stereocenters. The second-order valence-electron chi connectivity index (χ2n) is 5.37. The highest BCUT2D eigenvalue weighted by Crippen LogP contribution is 2.27. The summed E-state index contributed by atoms with van der Waals surface area (Å²) >= 11 is 6.19. The molecule has 1 amide bonds. The fourth-order valence-corrected chi connectivity index (χ4v) is 2.68. The van der Waals surface area contributed by atoms with Crippen LogP contribution in [0.2, 0.25) is 5.02 Å². The minimum absolute atomic E-state index is 0.156. The Morgan fingerprint density at radius 1 is 1.19 bits per heavy atom. The zero-order valence-electron chi connectivity index (χ0n) is 13.7. The van der Waals surface area contributed by atoms with Gasteiger partial charge in [0.1, 0.15) is 22.9 Å². The van der Waals surface area contributed by atoms with Gasteiger partial charge in [-0.3, -0.25) is 9.48 Å². The van der Waals surface area contributed by atoms with Gasteiger partial charge in [0.15, 0.2) is 5.82 Å². The van der Waals surface area contributed by atoms with E-state index < -0.39 is 23.1 Å². The molecule has 134 valence electrons. The molecule has 3 rings (SSSR count). The van der Waals surface area contributed by atoms with Crippen LogP contribution in [0.1, 0.15) is 15.9 Å². The van der Waals surface area contributed by atoms with Crippen LogP contribution in [0.15, 0.2) is 48.7 Å². The number of carbonyl (C=O) groups excluding carboxylic acids is 1. The predicted octanol–water partition coefficient (Wildman–Crippen LogP) is 4.12. The molecule has 0 bridgehead atoms. The Balaban J connectivity index is 1.78. The lowest BCUT2D eigenvalue weighted by Crippen LogP contribution is -2.16. The Labute approximate surface area is 153 Å². The van der Waals surface area contributed by atoms with Crippen LogP contribution < -0.4 is 10.1 Å². The van der Waals surface area contributed by atoms with E-state index in [4.69, 9.17) is 16.3 Å². The van der Waals surface area contributed by atoms with E-state index in [9.17, 15) is 13.6 Å². The number of methoxy groups -OCH3 is 1. The molecule has 0 radical (unpaired) electrons. The molecule has 0 aliphatic rings. The van der Waals surface area contributed by atoms with Gasteiger partial charge in [0.25, 0.3) is 5.91 Å². The van der Waals surface area contributed by atoms with Crippen molar-refractivity contribution in [3.8, 4) is 5.75 Å². The van der Waals surface area contributed by atoms with Crippen molar-refractivity contribution in [3.63, 3.8) is 0 Å². The number of hydrogen-bond donors (Lipinski definition) is 1. The Bertz CT molecular complexity index is 939. The van der Waals surface area contributed by atoms with Gasteiger partial charge in [-0.05, 0) is 24.3 Å². The van der Waals surface area contributed by atoms with Crippen LogP contribution in [0.3, 0.4) is 0 Å². The second-order valence-corrected chi connectivity index (χ2v) is 5.78. The fraction of sp³-hybridized carbons (Fsp3) is 0.111. The van der Waals surface area contributed by atoms with Gasteiger partial charge in [-0.15, -0.1) is 0 Å². The SMILES string of the molecule is COc1cccc(Cl)c1Cn1ccc(NC(=O)c2c(F)cccc2F)n1. The number of carbonyl (C=O) groups is 1. The fourth-order valence-electron chi connectivity index (χ4n) is 2.46. The van der Waals surface area contributed by atoms with Crippen LogP contribution in [-0.2, 0) is 6.54 Å². The molecule has 8 heteroatoms. The van der Waals surface area contributed by atoms with Crippen molar-refractivity contribution in [1.82, 2.24) is 9.78 Å². The van der Waals surface area contributed by atoms with Crippen LogP contribution in [0.5, 0.6) is 5.75 Å². The molecule has 3 aromatic rings. The van der Waals surface area contributed by atoms with E-state index >= 15 is 0 Å². The largest absolute Gasteiger partial charge is 0.496 e. The van der Waals surface area contributed by atoms with E-state index in [2.05, 4.69) is 10.4 Å². The van der Waals surface area contributed by atoms with Gasteiger partial charge >= 0.3 is 0 Å². The van der Waals surface area contributed by atoms with Crippen molar-refractivity contribution < 1.29 is 18.3 Å². The van der Waals surface area contributed by atoms with E-state index in [1.54, 1.807) is 24.4 Å². The molecule has 1 aromatic heterocycles. The molecule has 0 fully saturated rings. The molecule has 0 spiro atoms. The van der Waals surface area contributed by atoms with Gasteiger partial charge < -0.3 is 10.1 Å².